The van der Waals surface area contributed by atoms with Gasteiger partial charge in [-0.3, -0.25) is 9.59 Å². The molecule has 5 rings (SSSR count). The fraction of sp³-hybridized carbons (Fsp3) is 0.154. The summed E-state index contributed by atoms with van der Waals surface area (Å²) >= 11 is 0. The molecule has 1 aromatic heterocycles. The van der Waals surface area contributed by atoms with Crippen LogP contribution in [0.2, 0.25) is 0 Å². The maximum Gasteiger partial charge on any atom is 0.312 e. The van der Waals surface area contributed by atoms with E-state index in [2.05, 4.69) is 0 Å². The Balaban J connectivity index is 1.85. The average molecular weight is 492 g/mol. The van der Waals surface area contributed by atoms with Gasteiger partial charge in [-0.1, -0.05) is 6.07 Å². The normalized spacial score (nSPS) is 14.8. The summed E-state index contributed by atoms with van der Waals surface area (Å²) in [6.45, 7) is 0. The number of hydrogen-bond acceptors (Lipinski definition) is 10. The first-order valence-corrected chi connectivity index (χ1v) is 10.7. The molecule has 1 atom stereocenters. The summed E-state index contributed by atoms with van der Waals surface area (Å²) in [4.78, 5) is 25.7. The lowest BCUT2D eigenvalue weighted by molar-refractivity contribution is -0.135. The number of aromatic hydroxyl groups is 4. The third-order valence-corrected chi connectivity index (χ3v) is 6.12. The van der Waals surface area contributed by atoms with E-state index in [1.54, 1.807) is 18.2 Å². The van der Waals surface area contributed by atoms with Crippen LogP contribution in [0, 0.1) is 0 Å². The molecule has 0 fully saturated rings. The molecule has 184 valence electrons. The number of phenolic OH excluding ortho intramolecular Hbond substituents is 3. The molecule has 1 unspecified atom stereocenters. The van der Waals surface area contributed by atoms with Crippen LogP contribution in [0.5, 0.6) is 40.2 Å². The number of fused-ring (bicyclic) bond motifs is 3. The van der Waals surface area contributed by atoms with Gasteiger partial charge >= 0.3 is 5.97 Å². The third kappa shape index (κ3) is 3.50. The molecule has 0 bridgehead atoms. The Hall–Kier alpha value is -4.86. The van der Waals surface area contributed by atoms with Crippen LogP contribution < -0.4 is 19.6 Å². The molecule has 36 heavy (non-hydrogen) atoms. The Morgan fingerprint density at radius 2 is 1.67 bits per heavy atom. The molecule has 0 aliphatic carbocycles. The summed E-state index contributed by atoms with van der Waals surface area (Å²) in [6, 6.07) is 9.77. The van der Waals surface area contributed by atoms with Crippen molar-refractivity contribution in [3.05, 3.63) is 63.8 Å². The Labute approximate surface area is 203 Å². The number of rotatable bonds is 4. The SMILES string of the molecule is COc1ccc(C2CC(=O)Oc3cc(O)c4c(=O)c(O)c(-c5ccc(O)c(O)c5)oc4c32)c(OC)c1. The summed E-state index contributed by atoms with van der Waals surface area (Å²) in [6.07, 6.45) is -0.129. The summed E-state index contributed by atoms with van der Waals surface area (Å²) in [7, 11) is 2.96. The number of ether oxygens (including phenoxy) is 3. The van der Waals surface area contributed by atoms with Gasteiger partial charge in [0.1, 0.15) is 34.0 Å². The van der Waals surface area contributed by atoms with Crippen molar-refractivity contribution in [2.45, 2.75) is 12.3 Å². The molecular formula is C26H20O10. The van der Waals surface area contributed by atoms with E-state index in [0.29, 0.717) is 17.1 Å². The van der Waals surface area contributed by atoms with Crippen molar-refractivity contribution >= 4 is 16.9 Å². The lowest BCUT2D eigenvalue weighted by atomic mass is 9.84. The second-order valence-corrected chi connectivity index (χ2v) is 8.16. The van der Waals surface area contributed by atoms with Gasteiger partial charge in [0.05, 0.1) is 20.6 Å². The van der Waals surface area contributed by atoms with Gasteiger partial charge in [0.25, 0.3) is 0 Å². The highest BCUT2D eigenvalue weighted by atomic mass is 16.5. The lowest BCUT2D eigenvalue weighted by Crippen LogP contribution is -2.22. The summed E-state index contributed by atoms with van der Waals surface area (Å²) in [5.74, 6) is -2.95. The predicted octanol–water partition coefficient (Wildman–Crippen LogP) is 3.74. The van der Waals surface area contributed by atoms with Gasteiger partial charge in [0.15, 0.2) is 17.3 Å². The minimum Gasteiger partial charge on any atom is -0.507 e. The van der Waals surface area contributed by atoms with Crippen molar-refractivity contribution in [1.82, 2.24) is 0 Å². The van der Waals surface area contributed by atoms with Gasteiger partial charge in [-0.25, -0.2) is 0 Å². The quantitative estimate of drug-likeness (QED) is 0.188. The maximum absolute atomic E-state index is 13.2. The Bertz CT molecular complexity index is 1600. The van der Waals surface area contributed by atoms with Crippen molar-refractivity contribution in [2.75, 3.05) is 14.2 Å². The van der Waals surface area contributed by atoms with Gasteiger partial charge in [-0.15, -0.1) is 0 Å². The topological polar surface area (TPSA) is 156 Å². The molecule has 1 aliphatic rings. The first kappa shape index (κ1) is 22.9. The zero-order valence-corrected chi connectivity index (χ0v) is 19.1. The van der Waals surface area contributed by atoms with Gasteiger partial charge in [0.2, 0.25) is 11.2 Å². The van der Waals surface area contributed by atoms with Gasteiger partial charge in [-0.2, -0.15) is 0 Å². The fourth-order valence-corrected chi connectivity index (χ4v) is 4.41. The van der Waals surface area contributed by atoms with E-state index in [4.69, 9.17) is 18.6 Å². The van der Waals surface area contributed by atoms with Crippen molar-refractivity contribution in [3.63, 3.8) is 0 Å². The van der Waals surface area contributed by atoms with Crippen LogP contribution in [0.15, 0.2) is 51.7 Å². The molecule has 2 heterocycles. The molecule has 0 saturated heterocycles. The van der Waals surface area contributed by atoms with Crippen molar-refractivity contribution < 1.29 is 43.8 Å². The van der Waals surface area contributed by atoms with Crippen LogP contribution in [0.25, 0.3) is 22.3 Å². The van der Waals surface area contributed by atoms with E-state index in [-0.39, 0.29) is 40.0 Å². The number of benzene rings is 3. The Morgan fingerprint density at radius 1 is 0.889 bits per heavy atom. The molecule has 3 aromatic carbocycles. The maximum atomic E-state index is 13.2. The number of phenols is 3. The number of hydrogen-bond donors (Lipinski definition) is 4. The van der Waals surface area contributed by atoms with E-state index in [0.717, 1.165) is 12.1 Å². The fourth-order valence-electron chi connectivity index (χ4n) is 4.41. The second-order valence-electron chi connectivity index (χ2n) is 8.16. The minimum atomic E-state index is -0.934. The van der Waals surface area contributed by atoms with E-state index in [9.17, 15) is 30.0 Å². The second kappa shape index (κ2) is 8.42. The van der Waals surface area contributed by atoms with E-state index in [1.807, 2.05) is 0 Å². The summed E-state index contributed by atoms with van der Waals surface area (Å²) < 4.78 is 22.1. The highest BCUT2D eigenvalue weighted by molar-refractivity contribution is 5.94. The van der Waals surface area contributed by atoms with Crippen LogP contribution in [0.4, 0.5) is 0 Å². The highest BCUT2D eigenvalue weighted by Gasteiger charge is 2.36. The van der Waals surface area contributed by atoms with Crippen molar-refractivity contribution in [2.24, 2.45) is 0 Å². The summed E-state index contributed by atoms with van der Waals surface area (Å²) in [5, 5.41) is 40.5. The Kier molecular flexibility index (Phi) is 5.36. The zero-order chi connectivity index (χ0) is 25.7. The van der Waals surface area contributed by atoms with Crippen LogP contribution in [0.1, 0.15) is 23.5 Å². The van der Waals surface area contributed by atoms with Crippen molar-refractivity contribution in [3.8, 4) is 51.6 Å². The van der Waals surface area contributed by atoms with Crippen LogP contribution in [-0.4, -0.2) is 40.6 Å². The number of carbonyl (C=O) groups excluding carboxylic acids is 1. The number of methoxy groups -OCH3 is 2. The standard InChI is InChI=1S/C26H20O10/c1-33-12-4-5-13(18(8-12)34-2)14-9-20(30)35-19-10-17(29)22-23(31)24(32)25(36-26(22)21(14)19)11-3-6-15(27)16(28)7-11/h3-8,10,14,27-29,32H,9H2,1-2H3. The van der Waals surface area contributed by atoms with Crippen LogP contribution in [-0.2, 0) is 4.79 Å². The molecule has 0 amide bonds. The first-order valence-electron chi connectivity index (χ1n) is 10.7. The molecule has 0 radical (unpaired) electrons. The van der Waals surface area contributed by atoms with Gasteiger partial charge in [0, 0.05) is 34.7 Å². The van der Waals surface area contributed by atoms with Crippen LogP contribution in [0.3, 0.4) is 0 Å². The molecule has 4 aromatic rings. The van der Waals surface area contributed by atoms with Crippen molar-refractivity contribution in [1.29, 1.82) is 0 Å². The lowest BCUT2D eigenvalue weighted by Gasteiger charge is -2.27. The average Bonchev–Trinajstić information content (AvgIpc) is 2.86. The first-order chi connectivity index (χ1) is 17.2. The molecular weight excluding hydrogens is 472 g/mol. The predicted molar refractivity (Wildman–Crippen MR) is 126 cm³/mol. The highest BCUT2D eigenvalue weighted by Crippen LogP contribution is 2.49. The van der Waals surface area contributed by atoms with Gasteiger partial charge in [-0.05, 0) is 24.3 Å². The molecule has 0 saturated carbocycles. The van der Waals surface area contributed by atoms with E-state index >= 15 is 0 Å². The molecule has 10 heteroatoms. The number of carbonyl (C=O) groups is 1. The smallest absolute Gasteiger partial charge is 0.312 e. The minimum absolute atomic E-state index is 0.0209. The molecule has 0 spiro atoms. The monoisotopic (exact) mass is 492 g/mol. The van der Waals surface area contributed by atoms with Crippen LogP contribution >= 0.6 is 0 Å². The molecule has 4 N–H and O–H groups in total. The zero-order valence-electron chi connectivity index (χ0n) is 19.1. The van der Waals surface area contributed by atoms with E-state index < -0.39 is 40.3 Å². The number of esters is 1. The van der Waals surface area contributed by atoms with Gasteiger partial charge < -0.3 is 39.1 Å². The molecule has 10 nitrogen and oxygen atoms in total. The molecule has 1 aliphatic heterocycles. The summed E-state index contributed by atoms with van der Waals surface area (Å²) in [5.41, 5.74) is -0.109. The third-order valence-electron chi connectivity index (χ3n) is 6.12. The largest absolute Gasteiger partial charge is 0.507 e. The Morgan fingerprint density at radius 3 is 2.36 bits per heavy atom. The van der Waals surface area contributed by atoms with E-state index in [1.165, 1.54) is 26.4 Å².